The number of hydrogen-bond acceptors (Lipinski definition) is 2. The molecule has 1 heterocycles. The van der Waals surface area contributed by atoms with Gasteiger partial charge in [-0.25, -0.2) is 0 Å². The van der Waals surface area contributed by atoms with E-state index in [1.165, 1.54) is 27.6 Å². The van der Waals surface area contributed by atoms with Crippen molar-refractivity contribution in [3.8, 4) is 0 Å². The van der Waals surface area contributed by atoms with Crippen LogP contribution in [0.15, 0.2) is 103 Å². The van der Waals surface area contributed by atoms with E-state index < -0.39 is 0 Å². The molecule has 4 aromatic carbocycles. The maximum atomic E-state index is 3.88. The molecular formula is C29H32Cl2N2. The van der Waals surface area contributed by atoms with E-state index in [0.717, 1.165) is 19.6 Å². The summed E-state index contributed by atoms with van der Waals surface area (Å²) in [4.78, 5) is 2.55. The molecule has 0 aromatic heterocycles. The second-order valence-electron chi connectivity index (χ2n) is 8.72. The Morgan fingerprint density at radius 3 is 2.15 bits per heavy atom. The molecule has 2 unspecified atom stereocenters. The highest BCUT2D eigenvalue weighted by atomic mass is 35.5. The summed E-state index contributed by atoms with van der Waals surface area (Å²) in [7, 11) is 0. The number of nitrogens with zero attached hydrogens (tertiary/aromatic N) is 1. The Kier molecular flexibility index (Phi) is 8.80. The van der Waals surface area contributed by atoms with Crippen LogP contribution in [0.2, 0.25) is 0 Å². The molecule has 0 bridgehead atoms. The molecule has 5 rings (SSSR count). The highest BCUT2D eigenvalue weighted by molar-refractivity contribution is 5.86. The van der Waals surface area contributed by atoms with Crippen LogP contribution in [0.1, 0.15) is 30.0 Å². The summed E-state index contributed by atoms with van der Waals surface area (Å²) >= 11 is 0. The lowest BCUT2D eigenvalue weighted by Crippen LogP contribution is -2.30. The van der Waals surface area contributed by atoms with Crippen molar-refractivity contribution in [2.45, 2.75) is 18.9 Å². The van der Waals surface area contributed by atoms with Crippen LogP contribution in [0.3, 0.4) is 0 Å². The number of halogens is 2. The van der Waals surface area contributed by atoms with Gasteiger partial charge in [-0.3, -0.25) is 0 Å². The average molecular weight is 479 g/mol. The quantitative estimate of drug-likeness (QED) is 0.313. The van der Waals surface area contributed by atoms with Crippen LogP contribution in [0.4, 0.5) is 5.69 Å². The summed E-state index contributed by atoms with van der Waals surface area (Å²) in [6, 6.07) is 37.5. The fourth-order valence-electron chi connectivity index (χ4n) is 5.07. The second kappa shape index (κ2) is 11.6. The van der Waals surface area contributed by atoms with E-state index >= 15 is 0 Å². The van der Waals surface area contributed by atoms with Gasteiger partial charge in [0.15, 0.2) is 0 Å². The topological polar surface area (TPSA) is 15.3 Å². The maximum absolute atomic E-state index is 3.88. The number of anilines is 1. The Hall–Kier alpha value is -2.52. The van der Waals surface area contributed by atoms with E-state index in [9.17, 15) is 0 Å². The summed E-state index contributed by atoms with van der Waals surface area (Å²) < 4.78 is 0. The lowest BCUT2D eigenvalue weighted by atomic mass is 9.88. The average Bonchev–Trinajstić information content (AvgIpc) is 3.27. The molecule has 33 heavy (non-hydrogen) atoms. The molecule has 3 atom stereocenters. The van der Waals surface area contributed by atoms with E-state index in [4.69, 9.17) is 0 Å². The van der Waals surface area contributed by atoms with Gasteiger partial charge in [-0.05, 0) is 46.9 Å². The first-order chi connectivity index (χ1) is 15.3. The minimum atomic E-state index is 0. The van der Waals surface area contributed by atoms with E-state index in [1.807, 2.05) is 0 Å². The van der Waals surface area contributed by atoms with Gasteiger partial charge < -0.3 is 10.2 Å². The van der Waals surface area contributed by atoms with Crippen molar-refractivity contribution < 1.29 is 0 Å². The molecule has 0 amide bonds. The van der Waals surface area contributed by atoms with Crippen molar-refractivity contribution in [1.82, 2.24) is 5.32 Å². The van der Waals surface area contributed by atoms with E-state index in [1.54, 1.807) is 0 Å². The molecular weight excluding hydrogens is 447 g/mol. The molecule has 0 spiro atoms. The number of nitrogens with one attached hydrogen (secondary N) is 1. The van der Waals surface area contributed by atoms with Crippen LogP contribution in [-0.4, -0.2) is 19.6 Å². The third-order valence-corrected chi connectivity index (χ3v) is 6.77. The normalized spacial score (nSPS) is 18.4. The van der Waals surface area contributed by atoms with Crippen LogP contribution in [-0.2, 0) is 0 Å². The first-order valence-electron chi connectivity index (χ1n) is 11.4. The van der Waals surface area contributed by atoms with Crippen LogP contribution >= 0.6 is 24.8 Å². The molecule has 1 N–H and O–H groups in total. The first-order valence-corrected chi connectivity index (χ1v) is 11.4. The Bertz CT molecular complexity index is 1130. The van der Waals surface area contributed by atoms with Crippen molar-refractivity contribution in [2.24, 2.45) is 5.92 Å². The lowest BCUT2D eigenvalue weighted by Gasteiger charge is -2.23. The van der Waals surface area contributed by atoms with Gasteiger partial charge in [0.25, 0.3) is 0 Å². The van der Waals surface area contributed by atoms with Crippen LogP contribution in [0.5, 0.6) is 0 Å². The van der Waals surface area contributed by atoms with Gasteiger partial charge in [0.2, 0.25) is 0 Å². The monoisotopic (exact) mass is 478 g/mol. The number of hydrogen-bond donors (Lipinski definition) is 1. The minimum Gasteiger partial charge on any atom is -0.371 e. The minimum absolute atomic E-state index is 0. The molecule has 2 nitrogen and oxygen atoms in total. The van der Waals surface area contributed by atoms with Gasteiger partial charge in [-0.2, -0.15) is 0 Å². The molecule has 0 saturated carbocycles. The summed E-state index contributed by atoms with van der Waals surface area (Å²) in [5.74, 6) is 1.11. The zero-order valence-electron chi connectivity index (χ0n) is 18.9. The highest BCUT2D eigenvalue weighted by Crippen LogP contribution is 2.35. The van der Waals surface area contributed by atoms with Gasteiger partial charge in [-0.1, -0.05) is 91.0 Å². The number of fused-ring (bicyclic) bond motifs is 1. The molecule has 4 aromatic rings. The number of rotatable bonds is 6. The molecule has 0 radical (unpaired) electrons. The predicted molar refractivity (Wildman–Crippen MR) is 146 cm³/mol. The fraction of sp³-hybridized carbons (Fsp3) is 0.241. The largest absolute Gasteiger partial charge is 0.371 e. The van der Waals surface area contributed by atoms with Crippen LogP contribution in [0.25, 0.3) is 10.8 Å². The van der Waals surface area contributed by atoms with E-state index in [0.29, 0.717) is 17.9 Å². The van der Waals surface area contributed by atoms with Gasteiger partial charge in [0, 0.05) is 37.3 Å². The van der Waals surface area contributed by atoms with Crippen LogP contribution in [0, 0.1) is 5.92 Å². The van der Waals surface area contributed by atoms with Crippen molar-refractivity contribution in [2.75, 3.05) is 24.5 Å². The molecule has 1 aliphatic rings. The molecule has 1 aliphatic heterocycles. The fourth-order valence-corrected chi connectivity index (χ4v) is 5.07. The van der Waals surface area contributed by atoms with Crippen molar-refractivity contribution in [3.63, 3.8) is 0 Å². The zero-order chi connectivity index (χ0) is 21.0. The van der Waals surface area contributed by atoms with Crippen molar-refractivity contribution >= 4 is 41.3 Å². The summed E-state index contributed by atoms with van der Waals surface area (Å²) in [5, 5.41) is 6.54. The number of para-hydroxylation sites is 1. The van der Waals surface area contributed by atoms with Crippen LogP contribution < -0.4 is 10.2 Å². The summed E-state index contributed by atoms with van der Waals surface area (Å²) in [6.07, 6.45) is 0. The lowest BCUT2D eigenvalue weighted by molar-refractivity contribution is 0.441. The van der Waals surface area contributed by atoms with Gasteiger partial charge in [0.1, 0.15) is 0 Å². The standard InChI is InChI=1S/C29H30N2.2ClH/c1-22(27-18-10-14-23-13-8-9-17-28(23)27)30-19-25-20-31(26-15-6-3-7-16-26)21-29(25)24-11-4-2-5-12-24;;/h2-18,22,25,29-30H,19-21H2,1H3;2*1H/t22-,25?,29?;;/m1../s1. The Balaban J connectivity index is 0.00000153. The molecule has 1 saturated heterocycles. The maximum Gasteiger partial charge on any atom is 0.0366 e. The van der Waals surface area contributed by atoms with E-state index in [2.05, 4.69) is 120 Å². The highest BCUT2D eigenvalue weighted by Gasteiger charge is 2.34. The van der Waals surface area contributed by atoms with Crippen molar-refractivity contribution in [3.05, 3.63) is 114 Å². The number of benzene rings is 4. The third-order valence-electron chi connectivity index (χ3n) is 6.77. The van der Waals surface area contributed by atoms with Gasteiger partial charge >= 0.3 is 0 Å². The Morgan fingerprint density at radius 1 is 0.758 bits per heavy atom. The molecule has 172 valence electrons. The first kappa shape index (κ1) is 25.1. The second-order valence-corrected chi connectivity index (χ2v) is 8.72. The summed E-state index contributed by atoms with van der Waals surface area (Å²) in [6.45, 7) is 5.46. The van der Waals surface area contributed by atoms with Crippen molar-refractivity contribution in [1.29, 1.82) is 0 Å². The molecule has 1 fully saturated rings. The smallest absolute Gasteiger partial charge is 0.0366 e. The SMILES string of the molecule is C[C@@H](NCC1CN(c2ccccc2)CC1c1ccccc1)c1cccc2ccccc12.Cl.Cl. The Morgan fingerprint density at radius 2 is 1.39 bits per heavy atom. The van der Waals surface area contributed by atoms with Gasteiger partial charge in [0.05, 0.1) is 0 Å². The van der Waals surface area contributed by atoms with E-state index in [-0.39, 0.29) is 24.8 Å². The third kappa shape index (κ3) is 5.52. The predicted octanol–water partition coefficient (Wildman–Crippen LogP) is 7.25. The summed E-state index contributed by atoms with van der Waals surface area (Å²) in [5.41, 5.74) is 4.16. The zero-order valence-corrected chi connectivity index (χ0v) is 20.6. The molecule has 4 heteroatoms. The molecule has 0 aliphatic carbocycles. The van der Waals surface area contributed by atoms with Gasteiger partial charge in [-0.15, -0.1) is 24.8 Å². The Labute approximate surface area is 209 Å².